The lowest BCUT2D eigenvalue weighted by atomic mass is 9.47. The topological polar surface area (TPSA) is 42.4 Å². The van der Waals surface area contributed by atoms with E-state index in [0.717, 1.165) is 48.9 Å². The van der Waals surface area contributed by atoms with E-state index in [2.05, 4.69) is 31.8 Å². The Balaban J connectivity index is 1.31. The summed E-state index contributed by atoms with van der Waals surface area (Å²) < 4.78 is 6.14. The van der Waals surface area contributed by atoms with Gasteiger partial charge in [0.25, 0.3) is 0 Å². The van der Waals surface area contributed by atoms with Crippen LogP contribution in [0.15, 0.2) is 36.2 Å². The lowest BCUT2D eigenvalue weighted by molar-refractivity contribution is -0.0591. The van der Waals surface area contributed by atoms with E-state index < -0.39 is 0 Å². The summed E-state index contributed by atoms with van der Waals surface area (Å²) in [5, 5.41) is 10.2. The molecule has 1 heterocycles. The molecule has 8 atom stereocenters. The van der Waals surface area contributed by atoms with Gasteiger partial charge in [-0.25, -0.2) is 0 Å². The minimum absolute atomic E-state index is 0.105. The fourth-order valence-electron chi connectivity index (χ4n) is 8.40. The van der Waals surface area contributed by atoms with Crippen LogP contribution in [-0.4, -0.2) is 22.8 Å². The monoisotopic (exact) mass is 409 g/mol. The summed E-state index contributed by atoms with van der Waals surface area (Å²) >= 11 is 0. The molecule has 0 amide bonds. The van der Waals surface area contributed by atoms with Gasteiger partial charge in [-0.2, -0.15) is 0 Å². The summed E-state index contributed by atoms with van der Waals surface area (Å²) in [6.07, 6.45) is 15.9. The summed E-state index contributed by atoms with van der Waals surface area (Å²) in [6.45, 7) is 8.36. The van der Waals surface area contributed by atoms with Crippen LogP contribution in [-0.2, 0) is 0 Å². The summed E-state index contributed by atoms with van der Waals surface area (Å²) in [4.78, 5) is 4.09. The van der Waals surface area contributed by atoms with Crippen LogP contribution in [0.25, 0.3) is 0 Å². The Morgan fingerprint density at radius 1 is 1.10 bits per heavy atom. The van der Waals surface area contributed by atoms with Crippen LogP contribution in [0.1, 0.15) is 72.1 Å². The third-order valence-corrected chi connectivity index (χ3v) is 10.0. The van der Waals surface area contributed by atoms with Crippen LogP contribution >= 0.6 is 0 Å². The zero-order valence-corrected chi connectivity index (χ0v) is 19.0. The number of aliphatic hydroxyl groups excluding tert-OH is 1. The lowest BCUT2D eigenvalue weighted by Crippen LogP contribution is -2.51. The van der Waals surface area contributed by atoms with Gasteiger partial charge in [-0.3, -0.25) is 4.98 Å². The highest BCUT2D eigenvalue weighted by Crippen LogP contribution is 2.67. The molecule has 4 aliphatic rings. The molecule has 164 valence electrons. The second-order valence-corrected chi connectivity index (χ2v) is 11.4. The van der Waals surface area contributed by atoms with E-state index in [1.807, 2.05) is 24.5 Å². The van der Waals surface area contributed by atoms with Crippen molar-refractivity contribution in [3.8, 4) is 5.75 Å². The van der Waals surface area contributed by atoms with E-state index in [4.69, 9.17) is 4.74 Å². The van der Waals surface area contributed by atoms with Crippen molar-refractivity contribution < 1.29 is 9.84 Å². The Morgan fingerprint density at radius 2 is 1.90 bits per heavy atom. The van der Waals surface area contributed by atoms with Crippen molar-refractivity contribution in [2.45, 2.75) is 78.2 Å². The molecule has 0 saturated heterocycles. The van der Waals surface area contributed by atoms with E-state index in [-0.39, 0.29) is 6.10 Å². The number of pyridine rings is 1. The van der Waals surface area contributed by atoms with Crippen LogP contribution in [0.4, 0.5) is 0 Å². The number of hydrogen-bond acceptors (Lipinski definition) is 3. The number of nitrogens with zero attached hydrogens (tertiary/aromatic N) is 1. The van der Waals surface area contributed by atoms with Crippen molar-refractivity contribution in [3.05, 3.63) is 36.2 Å². The van der Waals surface area contributed by atoms with Crippen LogP contribution < -0.4 is 4.74 Å². The van der Waals surface area contributed by atoms with Gasteiger partial charge in [-0.1, -0.05) is 32.4 Å². The highest BCUT2D eigenvalue weighted by molar-refractivity contribution is 5.25. The normalized spacial score (nSPS) is 43.7. The zero-order chi connectivity index (χ0) is 20.9. The number of allylic oxidation sites excluding steroid dienone is 1. The molecule has 0 unspecified atom stereocenters. The Labute approximate surface area is 182 Å². The van der Waals surface area contributed by atoms with E-state index in [1.165, 1.54) is 38.5 Å². The van der Waals surface area contributed by atoms with E-state index in [9.17, 15) is 5.11 Å². The third-order valence-electron chi connectivity index (χ3n) is 10.0. The predicted octanol–water partition coefficient (Wildman–Crippen LogP) is 6.04. The fourth-order valence-corrected chi connectivity index (χ4v) is 8.40. The third kappa shape index (κ3) is 3.23. The first kappa shape index (κ1) is 20.5. The molecule has 3 nitrogen and oxygen atoms in total. The molecule has 1 aromatic heterocycles. The molecule has 0 aromatic carbocycles. The average Bonchev–Trinajstić information content (AvgIpc) is 3.10. The van der Waals surface area contributed by atoms with Gasteiger partial charge < -0.3 is 9.84 Å². The maximum atomic E-state index is 10.2. The van der Waals surface area contributed by atoms with Gasteiger partial charge in [0.2, 0.25) is 0 Å². The largest absolute Gasteiger partial charge is 0.493 e. The van der Waals surface area contributed by atoms with Crippen LogP contribution in [0, 0.1) is 40.4 Å². The van der Waals surface area contributed by atoms with Crippen molar-refractivity contribution in [1.82, 2.24) is 4.98 Å². The summed E-state index contributed by atoms with van der Waals surface area (Å²) in [6, 6.07) is 3.93. The molecular weight excluding hydrogens is 370 g/mol. The molecule has 0 radical (unpaired) electrons. The van der Waals surface area contributed by atoms with Gasteiger partial charge in [0, 0.05) is 12.4 Å². The molecule has 0 bridgehead atoms. The highest BCUT2D eigenvalue weighted by atomic mass is 16.5. The van der Waals surface area contributed by atoms with Gasteiger partial charge >= 0.3 is 0 Å². The lowest BCUT2D eigenvalue weighted by Gasteiger charge is -2.58. The van der Waals surface area contributed by atoms with E-state index in [1.54, 1.807) is 5.57 Å². The zero-order valence-electron chi connectivity index (χ0n) is 19.0. The predicted molar refractivity (Wildman–Crippen MR) is 120 cm³/mol. The number of aromatic nitrogens is 1. The minimum Gasteiger partial charge on any atom is -0.493 e. The molecule has 0 spiro atoms. The van der Waals surface area contributed by atoms with Crippen LogP contribution in [0.3, 0.4) is 0 Å². The van der Waals surface area contributed by atoms with Crippen LogP contribution in [0.5, 0.6) is 5.75 Å². The van der Waals surface area contributed by atoms with Gasteiger partial charge in [-0.15, -0.1) is 0 Å². The summed E-state index contributed by atoms with van der Waals surface area (Å²) in [5.41, 5.74) is 2.38. The molecule has 5 rings (SSSR count). The Kier molecular flexibility index (Phi) is 5.24. The molecule has 1 aromatic rings. The van der Waals surface area contributed by atoms with Gasteiger partial charge in [0.1, 0.15) is 5.75 Å². The highest BCUT2D eigenvalue weighted by Gasteiger charge is 2.59. The average molecular weight is 410 g/mol. The maximum Gasteiger partial charge on any atom is 0.122 e. The number of hydrogen-bond donors (Lipinski definition) is 1. The SMILES string of the molecule is C[C@H](COc1ccncc1)[C@H]1CC[C@H]2[C@@H]3CC=C4C[C@@H](O)CC[C@]4(C)[C@H]3CC[C@]12C. The van der Waals surface area contributed by atoms with Gasteiger partial charge in [-0.05, 0) is 104 Å². The Bertz CT molecular complexity index is 791. The van der Waals surface area contributed by atoms with Crippen molar-refractivity contribution >= 4 is 0 Å². The number of aliphatic hydroxyl groups is 1. The first-order chi connectivity index (χ1) is 14.4. The second-order valence-electron chi connectivity index (χ2n) is 11.4. The standard InChI is InChI=1S/C27H39NO2/c1-18(17-30-21-10-14-28-15-11-21)23-6-7-24-22-5-4-19-16-20(29)8-12-26(19,2)25(22)9-13-27(23,24)3/h4,10-11,14-15,18,20,22-25,29H,5-9,12-13,16-17H2,1-3H3/t18-,20+,22+,23-,24+,25+,26+,27-/m1/s1. The van der Waals surface area contributed by atoms with Crippen molar-refractivity contribution in [2.75, 3.05) is 6.61 Å². The quantitative estimate of drug-likeness (QED) is 0.617. The molecule has 0 aliphatic heterocycles. The summed E-state index contributed by atoms with van der Waals surface area (Å²) in [7, 11) is 0. The molecule has 3 heteroatoms. The van der Waals surface area contributed by atoms with Crippen molar-refractivity contribution in [1.29, 1.82) is 0 Å². The molecule has 3 saturated carbocycles. The van der Waals surface area contributed by atoms with Gasteiger partial charge in [0.05, 0.1) is 12.7 Å². The van der Waals surface area contributed by atoms with Crippen molar-refractivity contribution in [3.63, 3.8) is 0 Å². The molecule has 30 heavy (non-hydrogen) atoms. The minimum atomic E-state index is -0.105. The maximum absolute atomic E-state index is 10.2. The number of rotatable bonds is 4. The number of fused-ring (bicyclic) bond motifs is 5. The molecular formula is C27H39NO2. The summed E-state index contributed by atoms with van der Waals surface area (Å²) in [5.74, 6) is 4.80. The Hall–Kier alpha value is -1.35. The van der Waals surface area contributed by atoms with Crippen molar-refractivity contribution in [2.24, 2.45) is 40.4 Å². The van der Waals surface area contributed by atoms with E-state index in [0.29, 0.717) is 16.7 Å². The van der Waals surface area contributed by atoms with E-state index >= 15 is 0 Å². The Morgan fingerprint density at radius 3 is 2.70 bits per heavy atom. The second kappa shape index (κ2) is 7.65. The first-order valence-electron chi connectivity index (χ1n) is 12.3. The number of ether oxygens (including phenoxy) is 1. The fraction of sp³-hybridized carbons (Fsp3) is 0.741. The van der Waals surface area contributed by atoms with Gasteiger partial charge in [0.15, 0.2) is 0 Å². The molecule has 4 aliphatic carbocycles. The molecule has 3 fully saturated rings. The van der Waals surface area contributed by atoms with Crippen LogP contribution in [0.2, 0.25) is 0 Å². The smallest absolute Gasteiger partial charge is 0.122 e. The first-order valence-corrected chi connectivity index (χ1v) is 12.3. The molecule has 1 N–H and O–H groups in total.